The summed E-state index contributed by atoms with van der Waals surface area (Å²) >= 11 is 0. The molecule has 0 heterocycles. The molecule has 0 aliphatic carbocycles. The molecule has 0 spiro atoms. The minimum absolute atomic E-state index is 0.0404. The van der Waals surface area contributed by atoms with Gasteiger partial charge in [0.2, 0.25) is 0 Å². The van der Waals surface area contributed by atoms with Crippen LogP contribution in [0.15, 0.2) is 109 Å². The van der Waals surface area contributed by atoms with Crippen LogP contribution in [0.3, 0.4) is 0 Å². The van der Waals surface area contributed by atoms with Gasteiger partial charge >= 0.3 is 11.9 Å². The molecule has 2 unspecified atom stereocenters. The van der Waals surface area contributed by atoms with Crippen molar-refractivity contribution in [1.82, 2.24) is 0 Å². The molecular formula is C61H104NO8P. The Morgan fingerprint density at radius 1 is 0.451 bits per heavy atom. The van der Waals surface area contributed by atoms with Gasteiger partial charge in [-0.1, -0.05) is 207 Å². The van der Waals surface area contributed by atoms with E-state index in [4.69, 9.17) is 18.5 Å². The Labute approximate surface area is 436 Å². The van der Waals surface area contributed by atoms with E-state index in [1.165, 1.54) is 64.2 Å². The number of esters is 2. The predicted molar refractivity (Wildman–Crippen MR) is 300 cm³/mol. The Hall–Kier alpha value is -3.33. The fourth-order valence-electron chi connectivity index (χ4n) is 7.19. The van der Waals surface area contributed by atoms with Crippen LogP contribution in [-0.2, 0) is 32.7 Å². The fourth-order valence-corrected chi connectivity index (χ4v) is 7.92. The van der Waals surface area contributed by atoms with Crippen molar-refractivity contribution < 1.29 is 42.1 Å². The lowest BCUT2D eigenvalue weighted by Crippen LogP contribution is -2.37. The summed E-state index contributed by atoms with van der Waals surface area (Å²) < 4.78 is 34.1. The topological polar surface area (TPSA) is 111 Å². The molecule has 0 saturated carbocycles. The fraction of sp³-hybridized carbons (Fsp3) is 0.672. The van der Waals surface area contributed by atoms with E-state index in [0.29, 0.717) is 23.9 Å². The summed E-state index contributed by atoms with van der Waals surface area (Å²) in [5.41, 5.74) is 0. The zero-order valence-corrected chi connectivity index (χ0v) is 46.8. The highest BCUT2D eigenvalue weighted by atomic mass is 31.2. The van der Waals surface area contributed by atoms with Gasteiger partial charge in [0.15, 0.2) is 6.10 Å². The van der Waals surface area contributed by atoms with Gasteiger partial charge in [-0.2, -0.15) is 0 Å². The van der Waals surface area contributed by atoms with Crippen LogP contribution in [0.5, 0.6) is 0 Å². The van der Waals surface area contributed by atoms with E-state index >= 15 is 0 Å². The maximum atomic E-state index is 12.8. The number of carbonyl (C=O) groups is 2. The van der Waals surface area contributed by atoms with Crippen molar-refractivity contribution in [3.8, 4) is 0 Å². The van der Waals surface area contributed by atoms with Gasteiger partial charge in [0, 0.05) is 12.8 Å². The summed E-state index contributed by atoms with van der Waals surface area (Å²) in [7, 11) is 1.14. The SMILES string of the molecule is CC/C=C\C/C=C\C/C=C\C/C=C\C/C=C\C/C=C\C/C=C\CCCCCCCCCC(=O)OC(COC(=O)CCCCCCCCC/C=C\C/C=C\CCCCCC)COP(=O)([O-])OCC[N+](C)(C)C. The summed E-state index contributed by atoms with van der Waals surface area (Å²) in [6.07, 6.45) is 71.2. The summed E-state index contributed by atoms with van der Waals surface area (Å²) in [6, 6.07) is 0. The van der Waals surface area contributed by atoms with Crippen LogP contribution in [-0.4, -0.2) is 70.0 Å². The molecule has 0 saturated heterocycles. The Morgan fingerprint density at radius 2 is 0.803 bits per heavy atom. The van der Waals surface area contributed by atoms with E-state index in [-0.39, 0.29) is 26.1 Å². The molecule has 0 aromatic rings. The number of nitrogens with zero attached hydrogens (tertiary/aromatic N) is 1. The van der Waals surface area contributed by atoms with Crippen molar-refractivity contribution in [3.05, 3.63) is 109 Å². The van der Waals surface area contributed by atoms with Crippen molar-refractivity contribution in [2.45, 2.75) is 219 Å². The number of phosphoric acid groups is 1. The lowest BCUT2D eigenvalue weighted by Gasteiger charge is -2.28. The first-order valence-corrected chi connectivity index (χ1v) is 29.6. The van der Waals surface area contributed by atoms with Gasteiger partial charge in [0.25, 0.3) is 7.82 Å². The van der Waals surface area contributed by atoms with E-state index in [9.17, 15) is 19.0 Å². The molecule has 0 aliphatic heterocycles. The monoisotopic (exact) mass is 1010 g/mol. The maximum absolute atomic E-state index is 12.8. The first kappa shape index (κ1) is 67.7. The number of carbonyl (C=O) groups excluding carboxylic acids is 2. The average molecular weight is 1010 g/mol. The Morgan fingerprint density at radius 3 is 1.20 bits per heavy atom. The highest BCUT2D eigenvalue weighted by Gasteiger charge is 2.21. The molecule has 0 fully saturated rings. The predicted octanol–water partition coefficient (Wildman–Crippen LogP) is 16.8. The van der Waals surface area contributed by atoms with Crippen LogP contribution in [0, 0.1) is 0 Å². The molecule has 2 atom stereocenters. The second-order valence-corrected chi connectivity index (χ2v) is 21.0. The van der Waals surface area contributed by atoms with Crippen LogP contribution in [0.2, 0.25) is 0 Å². The van der Waals surface area contributed by atoms with E-state index in [1.54, 1.807) is 0 Å². The largest absolute Gasteiger partial charge is 0.756 e. The van der Waals surface area contributed by atoms with E-state index in [1.807, 2.05) is 21.1 Å². The number of quaternary nitrogens is 1. The van der Waals surface area contributed by atoms with Gasteiger partial charge in [-0.25, -0.2) is 0 Å². The standard InChI is InChI=1S/C61H104NO8P/c1-6-8-10-12-14-16-18-20-22-24-26-27-28-29-30-31-32-33-34-35-36-38-40-42-44-46-48-50-52-54-61(64)70-59(58-69-71(65,66)68-56-55-62(3,4)5)57-67-60(63)53-51-49-47-45-43-41-39-37-25-23-21-19-17-15-13-11-9-7-2/h8,10,14,16-17,19-20,22-23,25-27,29-30,32-33,35-36,59H,6-7,9,11-13,15,18,21,24,28,31,34,37-58H2,1-5H3/b10-8-,16-14-,19-17-,22-20-,25-23-,27-26-,30-29-,33-32-,36-35-. The number of hydrogen-bond acceptors (Lipinski definition) is 8. The number of hydrogen-bond donors (Lipinski definition) is 0. The Bertz CT molecular complexity index is 1570. The molecule has 0 aromatic carbocycles. The molecule has 0 aliphatic rings. The van der Waals surface area contributed by atoms with Crippen molar-refractivity contribution in [2.75, 3.05) is 47.5 Å². The Balaban J connectivity index is 4.26. The molecule has 0 aromatic heterocycles. The van der Waals surface area contributed by atoms with Gasteiger partial charge in [0.1, 0.15) is 19.8 Å². The van der Waals surface area contributed by atoms with Crippen molar-refractivity contribution in [1.29, 1.82) is 0 Å². The van der Waals surface area contributed by atoms with Gasteiger partial charge in [-0.3, -0.25) is 14.2 Å². The van der Waals surface area contributed by atoms with Crippen LogP contribution in [0.4, 0.5) is 0 Å². The summed E-state index contributed by atoms with van der Waals surface area (Å²) in [5.74, 6) is -0.862. The summed E-state index contributed by atoms with van der Waals surface area (Å²) in [6.45, 7) is 4.07. The molecule has 0 N–H and O–H groups in total. The van der Waals surface area contributed by atoms with Crippen LogP contribution < -0.4 is 4.89 Å². The van der Waals surface area contributed by atoms with Gasteiger partial charge < -0.3 is 27.9 Å². The second kappa shape index (κ2) is 51.6. The molecule has 0 bridgehead atoms. The van der Waals surface area contributed by atoms with E-state index in [2.05, 4.69) is 123 Å². The molecule has 10 heteroatoms. The molecule has 0 radical (unpaired) electrons. The number of allylic oxidation sites excluding steroid dienone is 18. The molecule has 0 rings (SSSR count). The quantitative estimate of drug-likeness (QED) is 0.0195. The molecular weight excluding hydrogens is 906 g/mol. The number of rotatable bonds is 50. The van der Waals surface area contributed by atoms with Crippen molar-refractivity contribution >= 4 is 19.8 Å². The minimum Gasteiger partial charge on any atom is -0.756 e. The van der Waals surface area contributed by atoms with Crippen molar-refractivity contribution in [3.63, 3.8) is 0 Å². The summed E-state index contributed by atoms with van der Waals surface area (Å²) in [5, 5.41) is 0. The van der Waals surface area contributed by atoms with Gasteiger partial charge in [0.05, 0.1) is 27.7 Å². The zero-order chi connectivity index (χ0) is 52.0. The molecule has 0 amide bonds. The summed E-state index contributed by atoms with van der Waals surface area (Å²) in [4.78, 5) is 37.8. The lowest BCUT2D eigenvalue weighted by molar-refractivity contribution is -0.870. The van der Waals surface area contributed by atoms with E-state index in [0.717, 1.165) is 109 Å². The third-order valence-electron chi connectivity index (χ3n) is 11.5. The maximum Gasteiger partial charge on any atom is 0.306 e. The first-order valence-electron chi connectivity index (χ1n) is 28.1. The average Bonchev–Trinajstić information content (AvgIpc) is 3.33. The number of unbranched alkanes of at least 4 members (excludes halogenated alkanes) is 18. The van der Waals surface area contributed by atoms with Gasteiger partial charge in [-0.15, -0.1) is 0 Å². The van der Waals surface area contributed by atoms with Crippen LogP contribution >= 0.6 is 7.82 Å². The Kier molecular flexibility index (Phi) is 49.1. The third-order valence-corrected chi connectivity index (χ3v) is 12.5. The van der Waals surface area contributed by atoms with Crippen LogP contribution in [0.25, 0.3) is 0 Å². The number of likely N-dealkylation sites (N-methyl/N-ethyl adjacent to an activating group) is 1. The highest BCUT2D eigenvalue weighted by Crippen LogP contribution is 2.38. The minimum atomic E-state index is -4.65. The normalized spacial score (nSPS) is 14.2. The zero-order valence-electron chi connectivity index (χ0n) is 45.9. The number of ether oxygens (including phenoxy) is 2. The highest BCUT2D eigenvalue weighted by molar-refractivity contribution is 7.45. The third kappa shape index (κ3) is 55.8. The molecule has 71 heavy (non-hydrogen) atoms. The first-order chi connectivity index (χ1) is 34.5. The molecule has 9 nitrogen and oxygen atoms in total. The van der Waals surface area contributed by atoms with E-state index < -0.39 is 32.5 Å². The molecule has 406 valence electrons. The van der Waals surface area contributed by atoms with Crippen molar-refractivity contribution in [2.24, 2.45) is 0 Å². The second-order valence-electron chi connectivity index (χ2n) is 19.6. The lowest BCUT2D eigenvalue weighted by atomic mass is 10.1. The van der Waals surface area contributed by atoms with Crippen LogP contribution in [0.1, 0.15) is 213 Å². The smallest absolute Gasteiger partial charge is 0.306 e. The number of phosphoric ester groups is 1. The van der Waals surface area contributed by atoms with Gasteiger partial charge in [-0.05, 0) is 103 Å².